The standard InChI is InChI=1S/C18H22N5O7PS/c1-22(2)18-20-15-12(16(26)21-18)19-9-23(15)17-14(25)13(24)11(30-17)8-29-31(27,28)32-10-6-4-3-5-7-10/h3-7,9,11,13-14,17,24-25H,8H2,1-2H3,(H,27,28)(H,20,21,26)/t11-,13-,14-,17-/m1/s1. The van der Waals surface area contributed by atoms with Gasteiger partial charge in [0.2, 0.25) is 5.95 Å². The minimum atomic E-state index is -4.09. The zero-order valence-corrected chi connectivity index (χ0v) is 18.8. The molecule has 0 saturated carbocycles. The second kappa shape index (κ2) is 8.94. The van der Waals surface area contributed by atoms with Crippen molar-refractivity contribution in [2.24, 2.45) is 0 Å². The number of fused-ring (bicyclic) bond motifs is 1. The minimum absolute atomic E-state index is 0.0414. The third kappa shape index (κ3) is 4.59. The number of aromatic nitrogens is 4. The molecular formula is C18H22N5O7PS. The number of rotatable bonds is 7. The monoisotopic (exact) mass is 483 g/mol. The molecule has 12 nitrogen and oxygen atoms in total. The maximum atomic E-state index is 12.4. The number of benzene rings is 1. The summed E-state index contributed by atoms with van der Waals surface area (Å²) in [7, 11) is 3.40. The lowest BCUT2D eigenvalue weighted by molar-refractivity contribution is -0.0478. The molecule has 4 N–H and O–H groups in total. The summed E-state index contributed by atoms with van der Waals surface area (Å²) in [5.41, 5.74) is -0.271. The summed E-state index contributed by atoms with van der Waals surface area (Å²) in [6.07, 6.45) is -3.77. The van der Waals surface area contributed by atoms with E-state index in [-0.39, 0.29) is 17.1 Å². The molecule has 1 fully saturated rings. The van der Waals surface area contributed by atoms with Crippen LogP contribution in [0.4, 0.5) is 5.95 Å². The SMILES string of the molecule is CN(C)c1nc2c(ncn2[C@@H]2O[C@H](COP(=O)(O)Sc3ccccc3)[C@@H](O)[C@H]2O)c(=O)[nH]1. The fraction of sp³-hybridized carbons (Fsp3) is 0.389. The molecule has 4 rings (SSSR count). The van der Waals surface area contributed by atoms with Crippen molar-refractivity contribution in [1.29, 1.82) is 0 Å². The van der Waals surface area contributed by atoms with Gasteiger partial charge in [-0.25, -0.2) is 9.55 Å². The Balaban J connectivity index is 1.51. The first-order valence-corrected chi connectivity index (χ1v) is 12.5. The van der Waals surface area contributed by atoms with Crippen LogP contribution in [0.5, 0.6) is 0 Å². The van der Waals surface area contributed by atoms with Gasteiger partial charge < -0.3 is 24.7 Å². The van der Waals surface area contributed by atoms with Gasteiger partial charge in [-0.2, -0.15) is 4.98 Å². The van der Waals surface area contributed by atoms with Gasteiger partial charge in [0, 0.05) is 19.0 Å². The molecule has 1 aliphatic heterocycles. The van der Waals surface area contributed by atoms with E-state index in [1.54, 1.807) is 49.3 Å². The normalized spacial score (nSPS) is 25.2. The van der Waals surface area contributed by atoms with E-state index in [2.05, 4.69) is 15.0 Å². The maximum Gasteiger partial charge on any atom is 0.391 e. The van der Waals surface area contributed by atoms with Gasteiger partial charge in [-0.15, -0.1) is 0 Å². The number of imidazole rings is 1. The third-order valence-corrected chi connectivity index (χ3v) is 7.65. The molecule has 0 radical (unpaired) electrons. The van der Waals surface area contributed by atoms with Gasteiger partial charge in [0.1, 0.15) is 18.3 Å². The van der Waals surface area contributed by atoms with Crippen LogP contribution >= 0.6 is 18.2 Å². The molecular weight excluding hydrogens is 461 g/mol. The Morgan fingerprint density at radius 1 is 1.28 bits per heavy atom. The average molecular weight is 483 g/mol. The fourth-order valence-corrected chi connectivity index (χ4v) is 5.66. The highest BCUT2D eigenvalue weighted by Gasteiger charge is 2.45. The van der Waals surface area contributed by atoms with Gasteiger partial charge >= 0.3 is 6.80 Å². The lowest BCUT2D eigenvalue weighted by Gasteiger charge is -2.18. The number of aromatic amines is 1. The van der Waals surface area contributed by atoms with Crippen LogP contribution in [0.25, 0.3) is 11.2 Å². The van der Waals surface area contributed by atoms with E-state index in [0.29, 0.717) is 16.3 Å². The first-order chi connectivity index (χ1) is 15.2. The van der Waals surface area contributed by atoms with Crippen molar-refractivity contribution in [1.82, 2.24) is 19.5 Å². The number of aliphatic hydroxyl groups excluding tert-OH is 2. The number of hydrogen-bond acceptors (Lipinski definition) is 10. The molecule has 2 aromatic heterocycles. The number of hydrogen-bond donors (Lipinski definition) is 4. The summed E-state index contributed by atoms with van der Waals surface area (Å²) >= 11 is 0.659. The topological polar surface area (TPSA) is 163 Å². The number of H-pyrrole nitrogens is 1. The molecule has 5 atom stereocenters. The van der Waals surface area contributed by atoms with Crippen molar-refractivity contribution < 1.29 is 28.9 Å². The molecule has 1 saturated heterocycles. The number of nitrogens with one attached hydrogen (secondary N) is 1. The van der Waals surface area contributed by atoms with E-state index in [4.69, 9.17) is 9.26 Å². The Kier molecular flexibility index (Phi) is 6.41. The van der Waals surface area contributed by atoms with Gasteiger partial charge in [-0.1, -0.05) is 18.2 Å². The summed E-state index contributed by atoms with van der Waals surface area (Å²) in [4.78, 5) is 35.5. The Bertz CT molecular complexity index is 1200. The number of nitrogens with zero attached hydrogens (tertiary/aromatic N) is 4. The predicted octanol–water partition coefficient (Wildman–Crippen LogP) is 0.714. The second-order valence-electron chi connectivity index (χ2n) is 7.32. The van der Waals surface area contributed by atoms with Crippen LogP contribution in [-0.2, 0) is 13.8 Å². The quantitative estimate of drug-likeness (QED) is 0.350. The van der Waals surface area contributed by atoms with Crippen LogP contribution in [0.3, 0.4) is 0 Å². The molecule has 0 bridgehead atoms. The smallest absolute Gasteiger partial charge is 0.387 e. The molecule has 32 heavy (non-hydrogen) atoms. The molecule has 1 unspecified atom stereocenters. The summed E-state index contributed by atoms with van der Waals surface area (Å²) < 4.78 is 24.6. The first kappa shape index (κ1) is 22.9. The molecule has 0 amide bonds. The van der Waals surface area contributed by atoms with Gasteiger partial charge in [-0.3, -0.25) is 18.9 Å². The molecule has 1 aromatic carbocycles. The fourth-order valence-electron chi connectivity index (χ4n) is 3.22. The van der Waals surface area contributed by atoms with Crippen LogP contribution in [0.1, 0.15) is 6.23 Å². The highest BCUT2D eigenvalue weighted by atomic mass is 32.7. The molecule has 0 spiro atoms. The van der Waals surface area contributed by atoms with Crippen molar-refractivity contribution >= 4 is 35.3 Å². The maximum absolute atomic E-state index is 12.4. The van der Waals surface area contributed by atoms with E-state index in [1.807, 2.05) is 0 Å². The Morgan fingerprint density at radius 2 is 2.00 bits per heavy atom. The molecule has 14 heteroatoms. The Labute approximate surface area is 186 Å². The Morgan fingerprint density at radius 3 is 2.69 bits per heavy atom. The van der Waals surface area contributed by atoms with Crippen LogP contribution in [-0.4, -0.2) is 73.6 Å². The lowest BCUT2D eigenvalue weighted by Crippen LogP contribution is -2.33. The number of anilines is 1. The zero-order valence-electron chi connectivity index (χ0n) is 17.1. The highest BCUT2D eigenvalue weighted by Crippen LogP contribution is 2.59. The van der Waals surface area contributed by atoms with E-state index < -0.39 is 43.5 Å². The van der Waals surface area contributed by atoms with Gasteiger partial charge in [0.05, 0.1) is 12.9 Å². The summed E-state index contributed by atoms with van der Waals surface area (Å²) in [6.45, 7) is -4.53. The van der Waals surface area contributed by atoms with Crippen molar-refractivity contribution in [2.75, 3.05) is 25.6 Å². The highest BCUT2D eigenvalue weighted by molar-refractivity contribution is 8.54. The van der Waals surface area contributed by atoms with Gasteiger partial charge in [0.15, 0.2) is 17.4 Å². The van der Waals surface area contributed by atoms with Gasteiger partial charge in [-0.05, 0) is 23.5 Å². The van der Waals surface area contributed by atoms with Crippen molar-refractivity contribution in [3.05, 3.63) is 47.0 Å². The zero-order chi connectivity index (χ0) is 23.0. The van der Waals surface area contributed by atoms with Crippen molar-refractivity contribution in [2.45, 2.75) is 29.4 Å². The summed E-state index contributed by atoms with van der Waals surface area (Å²) in [5, 5.41) is 21.0. The molecule has 0 aliphatic carbocycles. The summed E-state index contributed by atoms with van der Waals surface area (Å²) in [5.74, 6) is 0.274. The third-order valence-electron chi connectivity index (χ3n) is 4.82. The van der Waals surface area contributed by atoms with Crippen molar-refractivity contribution in [3.63, 3.8) is 0 Å². The largest absolute Gasteiger partial charge is 0.391 e. The molecule has 172 valence electrons. The Hall–Kier alpha value is -2.25. The molecule has 1 aliphatic rings. The molecule has 3 aromatic rings. The lowest BCUT2D eigenvalue weighted by atomic mass is 10.1. The number of aliphatic hydroxyl groups is 2. The molecule has 3 heterocycles. The van der Waals surface area contributed by atoms with Crippen LogP contribution in [0, 0.1) is 0 Å². The van der Waals surface area contributed by atoms with E-state index >= 15 is 0 Å². The summed E-state index contributed by atoms with van der Waals surface area (Å²) in [6, 6.07) is 8.56. The van der Waals surface area contributed by atoms with Crippen LogP contribution in [0.15, 0.2) is 46.3 Å². The predicted molar refractivity (Wildman–Crippen MR) is 116 cm³/mol. The first-order valence-electron chi connectivity index (χ1n) is 9.54. The number of ether oxygens (including phenoxy) is 1. The van der Waals surface area contributed by atoms with E-state index in [0.717, 1.165) is 0 Å². The van der Waals surface area contributed by atoms with Crippen LogP contribution in [0.2, 0.25) is 0 Å². The second-order valence-corrected chi connectivity index (χ2v) is 11.1. The van der Waals surface area contributed by atoms with Crippen LogP contribution < -0.4 is 10.5 Å². The van der Waals surface area contributed by atoms with Crippen molar-refractivity contribution in [3.8, 4) is 0 Å². The van der Waals surface area contributed by atoms with Gasteiger partial charge in [0.25, 0.3) is 5.56 Å². The average Bonchev–Trinajstić information content (AvgIpc) is 3.29. The minimum Gasteiger partial charge on any atom is -0.387 e. The van der Waals surface area contributed by atoms with E-state index in [9.17, 15) is 24.5 Å². The van der Waals surface area contributed by atoms with E-state index in [1.165, 1.54) is 10.9 Å².